The molecule has 3 saturated carbocycles. The summed E-state index contributed by atoms with van der Waals surface area (Å²) in [6.07, 6.45) is 11.2. The minimum absolute atomic E-state index is 0.0425. The van der Waals surface area contributed by atoms with Crippen LogP contribution in [0.25, 0.3) is 0 Å². The monoisotopic (exact) mass is 294 g/mol. The summed E-state index contributed by atoms with van der Waals surface area (Å²) >= 11 is 0. The second kappa shape index (κ2) is 6.58. The quantitative estimate of drug-likeness (QED) is 0.808. The molecule has 0 aliphatic heterocycles. The van der Waals surface area contributed by atoms with Crippen LogP contribution in [0.15, 0.2) is 0 Å². The number of aliphatic hydroxyl groups excluding tert-OH is 2. The predicted molar refractivity (Wildman–Crippen MR) is 85.9 cm³/mol. The van der Waals surface area contributed by atoms with Crippen molar-refractivity contribution >= 4 is 0 Å². The lowest BCUT2D eigenvalue weighted by Crippen LogP contribution is -2.31. The van der Waals surface area contributed by atoms with Crippen LogP contribution in [-0.2, 0) is 0 Å². The highest BCUT2D eigenvalue weighted by atomic mass is 16.3. The lowest BCUT2D eigenvalue weighted by Gasteiger charge is -2.36. The van der Waals surface area contributed by atoms with Crippen molar-refractivity contribution in [1.29, 1.82) is 0 Å². The molecule has 0 heterocycles. The van der Waals surface area contributed by atoms with Gasteiger partial charge in [-0.25, -0.2) is 0 Å². The predicted octanol–water partition coefficient (Wildman–Crippen LogP) is 4.00. The standard InChI is InChI=1S/C19H34O2/c1-12-9-14(5-7-18(12)20)16-3-4-17(11-16)15-6-8-19(21)13(2)10-15/h12-21H,3-11H2,1-2H3. The Balaban J connectivity index is 1.51. The van der Waals surface area contributed by atoms with Crippen LogP contribution in [0.2, 0.25) is 0 Å². The Morgan fingerprint density at radius 3 is 1.24 bits per heavy atom. The molecule has 21 heavy (non-hydrogen) atoms. The molecule has 0 aromatic heterocycles. The van der Waals surface area contributed by atoms with E-state index < -0.39 is 0 Å². The van der Waals surface area contributed by atoms with Gasteiger partial charge in [-0.1, -0.05) is 13.8 Å². The van der Waals surface area contributed by atoms with E-state index in [0.717, 1.165) is 36.5 Å². The van der Waals surface area contributed by atoms with Crippen molar-refractivity contribution in [3.8, 4) is 0 Å². The van der Waals surface area contributed by atoms with Crippen molar-refractivity contribution in [2.75, 3.05) is 0 Å². The van der Waals surface area contributed by atoms with Crippen LogP contribution in [0.3, 0.4) is 0 Å². The van der Waals surface area contributed by atoms with Crippen molar-refractivity contribution in [1.82, 2.24) is 0 Å². The number of hydrogen-bond donors (Lipinski definition) is 2. The second-order valence-electron chi connectivity index (χ2n) is 8.57. The molecular formula is C19H34O2. The summed E-state index contributed by atoms with van der Waals surface area (Å²) in [6.45, 7) is 4.46. The van der Waals surface area contributed by atoms with Gasteiger partial charge in [0, 0.05) is 0 Å². The SMILES string of the molecule is CC1CC(C2CCC(C3CCC(O)C(C)C3)C2)CCC1O. The molecule has 8 atom stereocenters. The normalized spacial score (nSPS) is 52.0. The average Bonchev–Trinajstić information content (AvgIpc) is 2.94. The molecule has 3 fully saturated rings. The van der Waals surface area contributed by atoms with E-state index in [0.29, 0.717) is 11.8 Å². The van der Waals surface area contributed by atoms with Gasteiger partial charge in [0.15, 0.2) is 0 Å². The molecule has 0 spiro atoms. The Hall–Kier alpha value is -0.0800. The Kier molecular flexibility index (Phi) is 4.95. The first-order valence-corrected chi connectivity index (χ1v) is 9.40. The van der Waals surface area contributed by atoms with Crippen LogP contribution in [0, 0.1) is 35.5 Å². The summed E-state index contributed by atoms with van der Waals surface area (Å²) in [5, 5.41) is 19.8. The fourth-order valence-corrected chi connectivity index (χ4v) is 5.61. The number of hydrogen-bond acceptors (Lipinski definition) is 2. The fraction of sp³-hybridized carbons (Fsp3) is 1.00. The smallest absolute Gasteiger partial charge is 0.0566 e. The molecule has 3 aliphatic carbocycles. The molecule has 0 aromatic carbocycles. The first-order valence-electron chi connectivity index (χ1n) is 9.40. The molecule has 0 radical (unpaired) electrons. The van der Waals surface area contributed by atoms with Gasteiger partial charge in [0.2, 0.25) is 0 Å². The summed E-state index contributed by atoms with van der Waals surface area (Å²) in [7, 11) is 0. The Labute approximate surface area is 130 Å². The van der Waals surface area contributed by atoms with Gasteiger partial charge in [0.1, 0.15) is 0 Å². The van der Waals surface area contributed by atoms with Crippen LogP contribution in [0.1, 0.15) is 71.6 Å². The average molecular weight is 294 g/mol. The molecule has 122 valence electrons. The van der Waals surface area contributed by atoms with Crippen LogP contribution < -0.4 is 0 Å². The van der Waals surface area contributed by atoms with Crippen molar-refractivity contribution in [2.24, 2.45) is 35.5 Å². The summed E-state index contributed by atoms with van der Waals surface area (Å²) in [5.74, 6) is 4.61. The van der Waals surface area contributed by atoms with E-state index in [9.17, 15) is 10.2 Å². The Bertz CT molecular complexity index is 310. The third-order valence-corrected chi connectivity index (χ3v) is 7.18. The van der Waals surface area contributed by atoms with Gasteiger partial charge >= 0.3 is 0 Å². The van der Waals surface area contributed by atoms with E-state index in [1.165, 1.54) is 44.9 Å². The van der Waals surface area contributed by atoms with Gasteiger partial charge < -0.3 is 10.2 Å². The Morgan fingerprint density at radius 1 is 0.524 bits per heavy atom. The van der Waals surface area contributed by atoms with Gasteiger partial charge in [-0.05, 0) is 93.3 Å². The molecule has 3 aliphatic rings. The fourth-order valence-electron chi connectivity index (χ4n) is 5.61. The van der Waals surface area contributed by atoms with Crippen molar-refractivity contribution in [3.63, 3.8) is 0 Å². The topological polar surface area (TPSA) is 40.5 Å². The maximum atomic E-state index is 9.92. The lowest BCUT2D eigenvalue weighted by molar-refractivity contribution is 0.0348. The third kappa shape index (κ3) is 3.47. The lowest BCUT2D eigenvalue weighted by atomic mass is 9.71. The molecule has 0 bridgehead atoms. The summed E-state index contributed by atoms with van der Waals surface area (Å²) in [5.41, 5.74) is 0. The van der Waals surface area contributed by atoms with E-state index in [-0.39, 0.29) is 12.2 Å². The zero-order chi connectivity index (χ0) is 15.0. The zero-order valence-electron chi connectivity index (χ0n) is 13.9. The third-order valence-electron chi connectivity index (χ3n) is 7.18. The first-order chi connectivity index (χ1) is 10.0. The Morgan fingerprint density at radius 2 is 0.857 bits per heavy atom. The van der Waals surface area contributed by atoms with Crippen LogP contribution >= 0.6 is 0 Å². The highest BCUT2D eigenvalue weighted by molar-refractivity contribution is 4.90. The minimum Gasteiger partial charge on any atom is -0.393 e. The van der Waals surface area contributed by atoms with Gasteiger partial charge in [-0.2, -0.15) is 0 Å². The van der Waals surface area contributed by atoms with Gasteiger partial charge in [0.25, 0.3) is 0 Å². The number of rotatable bonds is 2. The highest BCUT2D eigenvalue weighted by Crippen LogP contribution is 2.48. The van der Waals surface area contributed by atoms with Gasteiger partial charge in [0.05, 0.1) is 12.2 Å². The van der Waals surface area contributed by atoms with Gasteiger partial charge in [-0.3, -0.25) is 0 Å². The summed E-state index contributed by atoms with van der Waals surface area (Å²) in [4.78, 5) is 0. The molecule has 8 unspecified atom stereocenters. The largest absolute Gasteiger partial charge is 0.393 e. The molecule has 0 saturated heterocycles. The first kappa shape index (κ1) is 15.8. The molecule has 2 nitrogen and oxygen atoms in total. The van der Waals surface area contributed by atoms with E-state index in [2.05, 4.69) is 13.8 Å². The maximum absolute atomic E-state index is 9.92. The summed E-state index contributed by atoms with van der Waals surface area (Å²) in [6, 6.07) is 0. The molecule has 2 N–H and O–H groups in total. The van der Waals surface area contributed by atoms with Crippen molar-refractivity contribution in [2.45, 2.75) is 83.8 Å². The number of aliphatic hydroxyl groups is 2. The van der Waals surface area contributed by atoms with Crippen molar-refractivity contribution < 1.29 is 10.2 Å². The molecular weight excluding hydrogens is 260 g/mol. The van der Waals surface area contributed by atoms with E-state index in [1.807, 2.05) is 0 Å². The highest BCUT2D eigenvalue weighted by Gasteiger charge is 2.39. The zero-order valence-corrected chi connectivity index (χ0v) is 13.9. The minimum atomic E-state index is -0.0425. The van der Waals surface area contributed by atoms with Gasteiger partial charge in [-0.15, -0.1) is 0 Å². The molecule has 3 rings (SSSR count). The van der Waals surface area contributed by atoms with E-state index >= 15 is 0 Å². The molecule has 0 aromatic rings. The van der Waals surface area contributed by atoms with E-state index in [4.69, 9.17) is 0 Å². The van der Waals surface area contributed by atoms with E-state index in [1.54, 1.807) is 0 Å². The molecule has 2 heteroatoms. The van der Waals surface area contributed by atoms with Crippen LogP contribution in [-0.4, -0.2) is 22.4 Å². The van der Waals surface area contributed by atoms with Crippen molar-refractivity contribution in [3.05, 3.63) is 0 Å². The maximum Gasteiger partial charge on any atom is 0.0566 e. The van der Waals surface area contributed by atoms with Crippen LogP contribution in [0.4, 0.5) is 0 Å². The second-order valence-corrected chi connectivity index (χ2v) is 8.57. The van der Waals surface area contributed by atoms with Crippen LogP contribution in [0.5, 0.6) is 0 Å². The summed E-state index contributed by atoms with van der Waals surface area (Å²) < 4.78 is 0. The molecule has 0 amide bonds.